The first-order valence-corrected chi connectivity index (χ1v) is 9.89. The highest BCUT2D eigenvalue weighted by Gasteiger charge is 2.30. The molecule has 10 heteroatoms. The summed E-state index contributed by atoms with van der Waals surface area (Å²) in [5, 5.41) is 33.7. The Kier molecular flexibility index (Phi) is 6.42. The van der Waals surface area contributed by atoms with E-state index in [0.29, 0.717) is 11.1 Å². The molecule has 7 N–H and O–H groups in total. The number of amides is 2. The zero-order chi connectivity index (χ0) is 22.8. The Bertz CT molecular complexity index is 970. The molecule has 1 saturated heterocycles. The number of anilines is 2. The summed E-state index contributed by atoms with van der Waals surface area (Å²) >= 11 is 0. The van der Waals surface area contributed by atoms with Crippen molar-refractivity contribution in [2.75, 3.05) is 24.1 Å². The standard InChI is InChI=1S/C21H27FN6O3/c1-21(2,31)18(12-4-6-13(22)7-5-12)27-20(30)26-16-10-14(23)17(15(11-29)25-16)19(24)28-8-3-9-28/h4-7,10,18,24,29,31H,3,8-9,11H2,1-2H3,(H4,23,25,26,27,30)/t18-/m0/s1. The van der Waals surface area contributed by atoms with Crippen molar-refractivity contribution in [3.05, 3.63) is 53.0 Å². The smallest absolute Gasteiger partial charge is 0.320 e. The second-order valence-electron chi connectivity index (χ2n) is 8.00. The second kappa shape index (κ2) is 8.86. The Hall–Kier alpha value is -3.24. The van der Waals surface area contributed by atoms with Crippen LogP contribution >= 0.6 is 0 Å². The molecule has 1 atom stereocenters. The van der Waals surface area contributed by atoms with Crippen molar-refractivity contribution < 1.29 is 19.4 Å². The van der Waals surface area contributed by atoms with E-state index in [4.69, 9.17) is 11.1 Å². The molecule has 0 saturated carbocycles. The van der Waals surface area contributed by atoms with E-state index in [9.17, 15) is 19.4 Å². The van der Waals surface area contributed by atoms with Crippen LogP contribution in [0.5, 0.6) is 0 Å². The number of pyridine rings is 1. The lowest BCUT2D eigenvalue weighted by Gasteiger charge is -2.34. The number of nitrogen functional groups attached to an aromatic ring is 1. The minimum Gasteiger partial charge on any atom is -0.398 e. The first kappa shape index (κ1) is 22.4. The topological polar surface area (TPSA) is 148 Å². The van der Waals surface area contributed by atoms with Crippen LogP contribution in [0.1, 0.15) is 43.1 Å². The molecule has 1 aliphatic heterocycles. The molecule has 2 amide bonds. The highest BCUT2D eigenvalue weighted by molar-refractivity contribution is 6.03. The van der Waals surface area contributed by atoms with Crippen molar-refractivity contribution in [1.82, 2.24) is 15.2 Å². The van der Waals surface area contributed by atoms with Gasteiger partial charge < -0.3 is 26.2 Å². The second-order valence-corrected chi connectivity index (χ2v) is 8.00. The summed E-state index contributed by atoms with van der Waals surface area (Å²) in [5.41, 5.74) is 6.02. The molecule has 3 rings (SSSR count). The molecule has 0 unspecified atom stereocenters. The van der Waals surface area contributed by atoms with Gasteiger partial charge in [0.2, 0.25) is 0 Å². The van der Waals surface area contributed by atoms with E-state index in [1.165, 1.54) is 44.2 Å². The van der Waals surface area contributed by atoms with Gasteiger partial charge in [0.1, 0.15) is 17.5 Å². The Morgan fingerprint density at radius 1 is 1.35 bits per heavy atom. The Balaban J connectivity index is 1.79. The number of aromatic nitrogens is 1. The zero-order valence-electron chi connectivity index (χ0n) is 17.4. The third-order valence-electron chi connectivity index (χ3n) is 5.11. The molecule has 2 heterocycles. The fourth-order valence-corrected chi connectivity index (χ4v) is 3.38. The number of urea groups is 1. The molecule has 0 spiro atoms. The van der Waals surface area contributed by atoms with Gasteiger partial charge in [-0.15, -0.1) is 0 Å². The molecule has 1 aromatic heterocycles. The molecule has 2 aromatic rings. The summed E-state index contributed by atoms with van der Waals surface area (Å²) in [4.78, 5) is 18.7. The molecule has 0 radical (unpaired) electrons. The van der Waals surface area contributed by atoms with Crippen molar-refractivity contribution in [1.29, 1.82) is 5.41 Å². The van der Waals surface area contributed by atoms with Crippen LogP contribution in [-0.4, -0.2) is 50.7 Å². The number of nitrogens with two attached hydrogens (primary N) is 1. The predicted octanol–water partition coefficient (Wildman–Crippen LogP) is 1.96. The van der Waals surface area contributed by atoms with Gasteiger partial charge in [0.25, 0.3) is 0 Å². The largest absolute Gasteiger partial charge is 0.398 e. The first-order chi connectivity index (χ1) is 14.6. The molecule has 31 heavy (non-hydrogen) atoms. The van der Waals surface area contributed by atoms with Gasteiger partial charge in [-0.2, -0.15) is 0 Å². The van der Waals surface area contributed by atoms with Crippen LogP contribution in [0.3, 0.4) is 0 Å². The minimum absolute atomic E-state index is 0.0906. The molecule has 1 aromatic carbocycles. The molecule has 9 nitrogen and oxygen atoms in total. The third kappa shape index (κ3) is 5.09. The predicted molar refractivity (Wildman–Crippen MR) is 115 cm³/mol. The van der Waals surface area contributed by atoms with Crippen molar-refractivity contribution in [2.45, 2.75) is 38.5 Å². The summed E-state index contributed by atoms with van der Waals surface area (Å²) in [5.74, 6) is -0.148. The van der Waals surface area contributed by atoms with Crippen LogP contribution in [0.25, 0.3) is 0 Å². The van der Waals surface area contributed by atoms with Gasteiger partial charge in [-0.05, 0) is 38.0 Å². The number of halogens is 1. The number of hydrogen-bond acceptors (Lipinski definition) is 6. The maximum Gasteiger partial charge on any atom is 0.320 e. The molecular weight excluding hydrogens is 403 g/mol. The number of carbonyl (C=O) groups excluding carboxylic acids is 1. The average molecular weight is 430 g/mol. The number of carbonyl (C=O) groups is 1. The number of nitrogens with zero attached hydrogens (tertiary/aromatic N) is 2. The number of aliphatic hydroxyl groups is 2. The van der Waals surface area contributed by atoms with Crippen molar-refractivity contribution in [3.63, 3.8) is 0 Å². The van der Waals surface area contributed by atoms with E-state index in [-0.39, 0.29) is 23.0 Å². The van der Waals surface area contributed by atoms with Crippen LogP contribution in [0.2, 0.25) is 0 Å². The number of likely N-dealkylation sites (tertiary alicyclic amines) is 1. The van der Waals surface area contributed by atoms with Gasteiger partial charge in [-0.25, -0.2) is 14.2 Å². The molecule has 166 valence electrons. The molecule has 1 aliphatic rings. The summed E-state index contributed by atoms with van der Waals surface area (Å²) in [6.45, 7) is 4.09. The van der Waals surface area contributed by atoms with Gasteiger partial charge in [0, 0.05) is 24.8 Å². The average Bonchev–Trinajstić information content (AvgIpc) is 2.64. The lowest BCUT2D eigenvalue weighted by atomic mass is 9.92. The van der Waals surface area contributed by atoms with Crippen LogP contribution in [0, 0.1) is 11.2 Å². The first-order valence-electron chi connectivity index (χ1n) is 9.89. The van der Waals surface area contributed by atoms with Crippen molar-refractivity contribution in [3.8, 4) is 0 Å². The minimum atomic E-state index is -1.34. The van der Waals surface area contributed by atoms with Gasteiger partial charge in [0.05, 0.1) is 29.5 Å². The van der Waals surface area contributed by atoms with Crippen LogP contribution in [0.15, 0.2) is 30.3 Å². The fraction of sp³-hybridized carbons (Fsp3) is 0.381. The van der Waals surface area contributed by atoms with E-state index in [0.717, 1.165) is 19.5 Å². The normalized spacial score (nSPS) is 14.5. The van der Waals surface area contributed by atoms with E-state index >= 15 is 0 Å². The number of benzene rings is 1. The molecular formula is C21H27FN6O3. The number of aliphatic hydroxyl groups excluding tert-OH is 1. The zero-order valence-corrected chi connectivity index (χ0v) is 17.4. The highest BCUT2D eigenvalue weighted by atomic mass is 19.1. The van der Waals surface area contributed by atoms with Gasteiger partial charge >= 0.3 is 6.03 Å². The van der Waals surface area contributed by atoms with Gasteiger partial charge in [0.15, 0.2) is 0 Å². The summed E-state index contributed by atoms with van der Waals surface area (Å²) in [7, 11) is 0. The summed E-state index contributed by atoms with van der Waals surface area (Å²) in [6.07, 6.45) is 0.987. The fourth-order valence-electron chi connectivity index (χ4n) is 3.38. The van der Waals surface area contributed by atoms with Crippen LogP contribution in [-0.2, 0) is 6.61 Å². The van der Waals surface area contributed by atoms with Crippen molar-refractivity contribution in [2.24, 2.45) is 0 Å². The number of hydrogen-bond donors (Lipinski definition) is 6. The van der Waals surface area contributed by atoms with E-state index < -0.39 is 30.1 Å². The summed E-state index contributed by atoms with van der Waals surface area (Å²) in [6, 6.07) is 5.37. The maximum atomic E-state index is 13.3. The van der Waals surface area contributed by atoms with Crippen LogP contribution in [0.4, 0.5) is 20.7 Å². The van der Waals surface area contributed by atoms with Crippen LogP contribution < -0.4 is 16.4 Å². The molecule has 1 fully saturated rings. The highest BCUT2D eigenvalue weighted by Crippen LogP contribution is 2.27. The molecule has 0 bridgehead atoms. The van der Waals surface area contributed by atoms with Gasteiger partial charge in [-0.3, -0.25) is 10.7 Å². The Morgan fingerprint density at radius 3 is 2.52 bits per heavy atom. The molecule has 0 aliphatic carbocycles. The van der Waals surface area contributed by atoms with E-state index in [2.05, 4.69) is 15.6 Å². The monoisotopic (exact) mass is 430 g/mol. The van der Waals surface area contributed by atoms with Gasteiger partial charge in [-0.1, -0.05) is 12.1 Å². The van der Waals surface area contributed by atoms with Crippen molar-refractivity contribution >= 4 is 23.4 Å². The third-order valence-corrected chi connectivity index (χ3v) is 5.11. The number of amidine groups is 1. The van der Waals surface area contributed by atoms with E-state index in [1.54, 1.807) is 0 Å². The lowest BCUT2D eigenvalue weighted by Crippen LogP contribution is -2.44. The number of rotatable bonds is 6. The Labute approximate surface area is 179 Å². The SMILES string of the molecule is CC(C)(O)[C@@H](NC(=O)Nc1cc(N)c(C(=N)N2CCC2)c(CO)n1)c1ccc(F)cc1. The van der Waals surface area contributed by atoms with E-state index in [1.807, 2.05) is 4.90 Å². The maximum absolute atomic E-state index is 13.3. The quantitative estimate of drug-likeness (QED) is 0.305. The summed E-state index contributed by atoms with van der Waals surface area (Å²) < 4.78 is 13.3. The Morgan fingerprint density at radius 2 is 2.00 bits per heavy atom. The number of nitrogens with one attached hydrogen (secondary N) is 3. The lowest BCUT2D eigenvalue weighted by molar-refractivity contribution is 0.0415.